The minimum Gasteiger partial charge on any atom is -0.756 e. The van der Waals surface area contributed by atoms with Crippen LogP contribution >= 0.6 is 7.82 Å². The van der Waals surface area contributed by atoms with Gasteiger partial charge in [0.2, 0.25) is 0 Å². The molecule has 11 nitrogen and oxygen atoms in total. The van der Waals surface area contributed by atoms with Gasteiger partial charge in [-0.2, -0.15) is 0 Å². The molecule has 0 aromatic carbocycles. The Morgan fingerprint density at radius 2 is 0.769 bits per heavy atom. The zero-order valence-electron chi connectivity index (χ0n) is 6.66. The van der Waals surface area contributed by atoms with Crippen LogP contribution in [0.2, 0.25) is 0 Å². The molecular formula is H16NaO11P. The molecule has 0 spiro atoms. The van der Waals surface area contributed by atoms with Gasteiger partial charge in [0, 0.05) is 0 Å². The molecule has 0 aliphatic heterocycles. The van der Waals surface area contributed by atoms with Gasteiger partial charge in [0.05, 0.1) is 0 Å². The second-order valence-corrected chi connectivity index (χ2v) is 1.47. The molecule has 13 heteroatoms. The molecule has 0 rings (SSSR count). The van der Waals surface area contributed by atoms with Crippen molar-refractivity contribution in [1.82, 2.24) is 0 Å². The van der Waals surface area contributed by atoms with Gasteiger partial charge in [0.1, 0.15) is 0 Å². The third kappa shape index (κ3) is 2180. The summed E-state index contributed by atoms with van der Waals surface area (Å²) in [6.45, 7) is 0. The number of phosphoric acid groups is 1. The molecule has 0 saturated carbocycles. The van der Waals surface area contributed by atoms with Crippen LogP contribution in [-0.4, -0.2) is 48.1 Å². The van der Waals surface area contributed by atoms with Crippen LogP contribution in [0.3, 0.4) is 0 Å². The van der Waals surface area contributed by atoms with E-state index in [1.54, 1.807) is 0 Å². The molecule has 0 fully saturated rings. The monoisotopic (exact) mass is 246 g/mol. The first-order valence-corrected chi connectivity index (χ1v) is 2.30. The fraction of sp³-hybridized carbons (Fsp3) is 0. The van der Waals surface area contributed by atoms with Gasteiger partial charge in [0.25, 0.3) is 7.82 Å². The third-order valence-electron chi connectivity index (χ3n) is 0. The van der Waals surface area contributed by atoms with E-state index in [1.807, 2.05) is 0 Å². The summed E-state index contributed by atoms with van der Waals surface area (Å²) in [5, 5.41) is 0. The molecule has 0 aliphatic carbocycles. The first-order valence-electron chi connectivity index (χ1n) is 0.765. The van der Waals surface area contributed by atoms with E-state index in [2.05, 4.69) is 0 Å². The van der Waals surface area contributed by atoms with E-state index in [9.17, 15) is 0 Å². The Labute approximate surface area is 95.1 Å². The maximum absolute atomic E-state index is 8.77. The van der Waals surface area contributed by atoms with E-state index >= 15 is 0 Å². The van der Waals surface area contributed by atoms with Gasteiger partial charge in [0.15, 0.2) is 0 Å². The number of hydrogen-bond donors (Lipinski definition) is 2. The molecule has 0 saturated heterocycles. The molecule has 0 aliphatic rings. The summed E-state index contributed by atoms with van der Waals surface area (Å²) >= 11 is 0. The minimum atomic E-state index is -4.89. The van der Waals surface area contributed by atoms with Gasteiger partial charge in [-0.05, 0) is 0 Å². The molecule has 0 amide bonds. The zero-order chi connectivity index (χ0) is 4.50. The summed E-state index contributed by atoms with van der Waals surface area (Å²) in [7, 11) is -4.89. The first kappa shape index (κ1) is 97.6. The van der Waals surface area contributed by atoms with Gasteiger partial charge in [-0.25, -0.2) is 0 Å². The minimum absolute atomic E-state index is 0. The van der Waals surface area contributed by atoms with Gasteiger partial charge < -0.3 is 53.0 Å². The predicted octanol–water partition coefficient (Wildman–Crippen LogP) is -10.3. The van der Waals surface area contributed by atoms with Gasteiger partial charge in [-0.15, -0.1) is 0 Å². The molecule has 0 aromatic rings. The Hall–Kier alpha value is 0.830. The van der Waals surface area contributed by atoms with Crippen molar-refractivity contribution in [3.8, 4) is 0 Å². The molecule has 0 atom stereocenters. The normalized spacial score (nSPS) is 4.54. The summed E-state index contributed by atoms with van der Waals surface area (Å²) in [6.07, 6.45) is 0. The van der Waals surface area contributed by atoms with Crippen LogP contribution in [0.15, 0.2) is 0 Å². The van der Waals surface area contributed by atoms with Crippen molar-refractivity contribution < 1.29 is 87.1 Å². The van der Waals surface area contributed by atoms with Crippen molar-refractivity contribution in [2.45, 2.75) is 0 Å². The standard InChI is InChI=1S/Na.H3O4P.7H2O/c;1-5(2,3)4;;;;;;;/h;(H3,1,2,3,4);7*1H2/q+1;;;;;;;;/p-1. The van der Waals surface area contributed by atoms with E-state index in [-0.39, 0.29) is 67.9 Å². The summed E-state index contributed by atoms with van der Waals surface area (Å²) in [6, 6.07) is 0. The molecule has 0 aromatic heterocycles. The average molecular weight is 246 g/mol. The first-order chi connectivity index (χ1) is 2.00. The van der Waals surface area contributed by atoms with E-state index < -0.39 is 7.82 Å². The van der Waals surface area contributed by atoms with Crippen LogP contribution < -0.4 is 34.5 Å². The molecule has 0 bridgehead atoms. The number of hydrogen-bond acceptors (Lipinski definition) is 2. The van der Waals surface area contributed by atoms with E-state index in [1.165, 1.54) is 0 Å². The maximum atomic E-state index is 8.77. The van der Waals surface area contributed by atoms with Crippen LogP contribution in [0, 0.1) is 0 Å². The van der Waals surface area contributed by atoms with Crippen molar-refractivity contribution in [3.63, 3.8) is 0 Å². The SMILES string of the molecule is O.O.O.O.O.O.O.O=P([O-])(O)O.[Na+]. The summed E-state index contributed by atoms with van der Waals surface area (Å²) in [5.41, 5.74) is 0. The molecule has 13 heavy (non-hydrogen) atoms. The fourth-order valence-electron chi connectivity index (χ4n) is 0. The second-order valence-electron chi connectivity index (χ2n) is 0.491. The van der Waals surface area contributed by atoms with Gasteiger partial charge in [-0.1, -0.05) is 0 Å². The van der Waals surface area contributed by atoms with Crippen LogP contribution in [0.25, 0.3) is 0 Å². The van der Waals surface area contributed by atoms with Crippen molar-refractivity contribution in [3.05, 3.63) is 0 Å². The quantitative estimate of drug-likeness (QED) is 0.310. The van der Waals surface area contributed by atoms with E-state index in [0.29, 0.717) is 0 Å². The van der Waals surface area contributed by atoms with Gasteiger partial charge in [-0.3, -0.25) is 4.57 Å². The molecular weight excluding hydrogens is 230 g/mol. The van der Waals surface area contributed by atoms with E-state index in [4.69, 9.17) is 19.2 Å². The van der Waals surface area contributed by atoms with Crippen molar-refractivity contribution in [2.24, 2.45) is 0 Å². The topological polar surface area (TPSA) is 301 Å². The largest absolute Gasteiger partial charge is 1.00 e. The van der Waals surface area contributed by atoms with E-state index in [0.717, 1.165) is 0 Å². The van der Waals surface area contributed by atoms with Crippen molar-refractivity contribution in [2.75, 3.05) is 0 Å². The predicted molar refractivity (Wildman–Crippen MR) is 37.3 cm³/mol. The van der Waals surface area contributed by atoms with Crippen molar-refractivity contribution in [1.29, 1.82) is 0 Å². The molecule has 0 radical (unpaired) electrons. The smallest absolute Gasteiger partial charge is 0.756 e. The van der Waals surface area contributed by atoms with Crippen LogP contribution in [0.1, 0.15) is 0 Å². The molecule has 16 N–H and O–H groups in total. The Morgan fingerprint density at radius 1 is 0.769 bits per heavy atom. The maximum Gasteiger partial charge on any atom is 1.00 e. The molecule has 0 heterocycles. The summed E-state index contributed by atoms with van der Waals surface area (Å²) < 4.78 is 8.77. The zero-order valence-corrected chi connectivity index (χ0v) is 9.55. The Bertz CT molecular complexity index is 56.2. The molecule has 88 valence electrons. The Balaban J connectivity index is -0.00000000286. The average Bonchev–Trinajstić information content (AvgIpc) is 0.722. The number of rotatable bonds is 0. The van der Waals surface area contributed by atoms with Crippen LogP contribution in [-0.2, 0) is 4.57 Å². The molecule has 0 unspecified atom stereocenters. The Morgan fingerprint density at radius 3 is 0.769 bits per heavy atom. The third-order valence-corrected chi connectivity index (χ3v) is 0. The Kier molecular flexibility index (Phi) is 289. The summed E-state index contributed by atoms with van der Waals surface area (Å²) in [5.74, 6) is 0. The fourth-order valence-corrected chi connectivity index (χ4v) is 0. The second kappa shape index (κ2) is 38.5. The van der Waals surface area contributed by atoms with Gasteiger partial charge >= 0.3 is 29.6 Å². The summed E-state index contributed by atoms with van der Waals surface area (Å²) in [4.78, 5) is 22.9. The van der Waals surface area contributed by atoms with Crippen LogP contribution in [0.4, 0.5) is 0 Å². The van der Waals surface area contributed by atoms with Crippen molar-refractivity contribution >= 4 is 7.82 Å². The van der Waals surface area contributed by atoms with Crippen LogP contribution in [0.5, 0.6) is 0 Å².